The number of H-pyrrole nitrogens is 1. The van der Waals surface area contributed by atoms with Gasteiger partial charge < -0.3 is 10.7 Å². The topological polar surface area (TPSA) is 41.8 Å². The molecule has 0 fully saturated rings. The summed E-state index contributed by atoms with van der Waals surface area (Å²) in [6.45, 7) is 0.587. The molecule has 0 atom stereocenters. The second-order valence-electron chi connectivity index (χ2n) is 3.01. The molecule has 0 saturated carbocycles. The molecule has 0 amide bonds. The second kappa shape index (κ2) is 3.18. The molecule has 0 spiro atoms. The summed E-state index contributed by atoms with van der Waals surface area (Å²) in [4.78, 5) is 2.91. The lowest BCUT2D eigenvalue weighted by Crippen LogP contribution is -2.01. The molecule has 0 unspecified atom stereocenters. The predicted molar refractivity (Wildman–Crippen MR) is 51.0 cm³/mol. The van der Waals surface area contributed by atoms with Crippen LogP contribution in [0.3, 0.4) is 0 Å². The number of fused-ring (bicyclic) bond motifs is 1. The maximum absolute atomic E-state index is 13.2. The van der Waals surface area contributed by atoms with Gasteiger partial charge in [0.2, 0.25) is 0 Å². The van der Waals surface area contributed by atoms with Gasteiger partial charge in [-0.15, -0.1) is 0 Å². The number of hydrogen-bond acceptors (Lipinski definition) is 1. The van der Waals surface area contributed by atoms with Crippen molar-refractivity contribution in [2.24, 2.45) is 5.73 Å². The Labute approximate surface area is 75.6 Å². The summed E-state index contributed by atoms with van der Waals surface area (Å²) in [5, 5.41) is 0.936. The highest BCUT2D eigenvalue weighted by Gasteiger charge is 2.05. The molecule has 1 heterocycles. The van der Waals surface area contributed by atoms with Crippen LogP contribution in [-0.2, 0) is 6.42 Å². The highest BCUT2D eigenvalue weighted by Crippen LogP contribution is 2.20. The molecular formula is C10H11FN2. The van der Waals surface area contributed by atoms with E-state index < -0.39 is 0 Å². The van der Waals surface area contributed by atoms with Crippen molar-refractivity contribution in [2.45, 2.75) is 6.42 Å². The van der Waals surface area contributed by atoms with Crippen molar-refractivity contribution < 1.29 is 4.39 Å². The fourth-order valence-electron chi connectivity index (χ4n) is 1.54. The number of nitrogens with two attached hydrogens (primary N) is 1. The fourth-order valence-corrected chi connectivity index (χ4v) is 1.54. The molecule has 2 nitrogen and oxygen atoms in total. The molecule has 0 aliphatic heterocycles. The molecule has 1 aromatic carbocycles. The molecule has 0 radical (unpaired) electrons. The summed E-state index contributed by atoms with van der Waals surface area (Å²) in [6.07, 6.45) is 2.60. The third-order valence-corrected chi connectivity index (χ3v) is 2.16. The van der Waals surface area contributed by atoms with E-state index in [9.17, 15) is 4.39 Å². The van der Waals surface area contributed by atoms with Gasteiger partial charge in [0.05, 0.1) is 5.52 Å². The van der Waals surface area contributed by atoms with Crippen LogP contribution in [-0.4, -0.2) is 11.5 Å². The van der Waals surface area contributed by atoms with Crippen molar-refractivity contribution in [2.75, 3.05) is 6.54 Å². The highest BCUT2D eigenvalue weighted by molar-refractivity contribution is 5.83. The van der Waals surface area contributed by atoms with E-state index in [4.69, 9.17) is 5.73 Å². The second-order valence-corrected chi connectivity index (χ2v) is 3.01. The van der Waals surface area contributed by atoms with Crippen molar-refractivity contribution in [3.05, 3.63) is 35.8 Å². The summed E-state index contributed by atoms with van der Waals surface area (Å²) >= 11 is 0. The van der Waals surface area contributed by atoms with Gasteiger partial charge in [-0.05, 0) is 24.6 Å². The molecular weight excluding hydrogens is 167 g/mol. The summed E-state index contributed by atoms with van der Waals surface area (Å²) < 4.78 is 13.2. The largest absolute Gasteiger partial charge is 0.359 e. The Morgan fingerprint density at radius 2 is 2.23 bits per heavy atom. The maximum Gasteiger partial charge on any atom is 0.147 e. The fraction of sp³-hybridized carbons (Fsp3) is 0.200. The molecule has 0 aliphatic rings. The zero-order valence-electron chi connectivity index (χ0n) is 7.18. The minimum absolute atomic E-state index is 0.208. The molecule has 3 heteroatoms. The Bertz CT molecular complexity index is 420. The van der Waals surface area contributed by atoms with Crippen LogP contribution in [0.2, 0.25) is 0 Å². The molecule has 68 valence electrons. The third-order valence-electron chi connectivity index (χ3n) is 2.16. The molecule has 0 aliphatic carbocycles. The Morgan fingerprint density at radius 1 is 1.38 bits per heavy atom. The van der Waals surface area contributed by atoms with Crippen molar-refractivity contribution >= 4 is 10.9 Å². The lowest BCUT2D eigenvalue weighted by molar-refractivity contribution is 0.637. The van der Waals surface area contributed by atoms with Crippen LogP contribution in [0.1, 0.15) is 5.56 Å². The van der Waals surface area contributed by atoms with Crippen molar-refractivity contribution in [3.8, 4) is 0 Å². The van der Waals surface area contributed by atoms with Gasteiger partial charge in [-0.25, -0.2) is 4.39 Å². The van der Waals surface area contributed by atoms with Crippen LogP contribution in [0.4, 0.5) is 4.39 Å². The van der Waals surface area contributed by atoms with E-state index in [1.165, 1.54) is 6.07 Å². The molecule has 2 rings (SSSR count). The van der Waals surface area contributed by atoms with Gasteiger partial charge in [-0.1, -0.05) is 12.1 Å². The normalized spacial score (nSPS) is 10.9. The zero-order chi connectivity index (χ0) is 9.26. The van der Waals surface area contributed by atoms with E-state index in [0.717, 1.165) is 17.4 Å². The van der Waals surface area contributed by atoms with E-state index in [0.29, 0.717) is 12.1 Å². The first-order chi connectivity index (χ1) is 6.33. The van der Waals surface area contributed by atoms with Gasteiger partial charge in [0.25, 0.3) is 0 Å². The van der Waals surface area contributed by atoms with Crippen LogP contribution in [0.5, 0.6) is 0 Å². The van der Waals surface area contributed by atoms with Crippen molar-refractivity contribution in [1.29, 1.82) is 0 Å². The number of benzene rings is 1. The first kappa shape index (κ1) is 8.26. The first-order valence-electron chi connectivity index (χ1n) is 4.27. The van der Waals surface area contributed by atoms with Crippen LogP contribution < -0.4 is 5.73 Å². The molecule has 0 bridgehead atoms. The minimum atomic E-state index is -0.208. The summed E-state index contributed by atoms with van der Waals surface area (Å²) in [5.41, 5.74) is 7.10. The number of rotatable bonds is 2. The van der Waals surface area contributed by atoms with Gasteiger partial charge in [0.15, 0.2) is 0 Å². The summed E-state index contributed by atoms with van der Waals surface area (Å²) in [6, 6.07) is 5.07. The lowest BCUT2D eigenvalue weighted by Gasteiger charge is -1.95. The Hall–Kier alpha value is -1.35. The van der Waals surface area contributed by atoms with Gasteiger partial charge in [0, 0.05) is 11.6 Å². The molecule has 3 N–H and O–H groups in total. The quantitative estimate of drug-likeness (QED) is 0.723. The lowest BCUT2D eigenvalue weighted by atomic mass is 10.1. The average Bonchev–Trinajstić information content (AvgIpc) is 2.51. The first-order valence-corrected chi connectivity index (χ1v) is 4.27. The Kier molecular flexibility index (Phi) is 2.02. The molecule has 1 aromatic heterocycles. The number of aromatic amines is 1. The maximum atomic E-state index is 13.2. The summed E-state index contributed by atoms with van der Waals surface area (Å²) in [5.74, 6) is -0.208. The predicted octanol–water partition coefficient (Wildman–Crippen LogP) is 1.81. The summed E-state index contributed by atoms with van der Waals surface area (Å²) in [7, 11) is 0. The Balaban J connectivity index is 2.61. The Morgan fingerprint density at radius 3 is 3.00 bits per heavy atom. The number of para-hydroxylation sites is 1. The smallest absolute Gasteiger partial charge is 0.147 e. The number of nitrogens with one attached hydrogen (secondary N) is 1. The number of halogens is 1. The van der Waals surface area contributed by atoms with E-state index in [-0.39, 0.29) is 5.82 Å². The van der Waals surface area contributed by atoms with Gasteiger partial charge in [-0.2, -0.15) is 0 Å². The van der Waals surface area contributed by atoms with Crippen LogP contribution >= 0.6 is 0 Å². The van der Waals surface area contributed by atoms with Crippen LogP contribution in [0.15, 0.2) is 24.4 Å². The minimum Gasteiger partial charge on any atom is -0.359 e. The van der Waals surface area contributed by atoms with Gasteiger partial charge in [-0.3, -0.25) is 0 Å². The van der Waals surface area contributed by atoms with Crippen molar-refractivity contribution in [1.82, 2.24) is 4.98 Å². The van der Waals surface area contributed by atoms with Crippen LogP contribution in [0, 0.1) is 5.82 Å². The monoisotopic (exact) mass is 178 g/mol. The third kappa shape index (κ3) is 1.31. The van der Waals surface area contributed by atoms with E-state index in [2.05, 4.69) is 4.98 Å². The molecule has 13 heavy (non-hydrogen) atoms. The van der Waals surface area contributed by atoms with Gasteiger partial charge in [0.1, 0.15) is 5.82 Å². The van der Waals surface area contributed by atoms with Crippen LogP contribution in [0.25, 0.3) is 10.9 Å². The average molecular weight is 178 g/mol. The highest BCUT2D eigenvalue weighted by atomic mass is 19.1. The number of aromatic nitrogens is 1. The van der Waals surface area contributed by atoms with E-state index >= 15 is 0 Å². The standard InChI is InChI=1S/C10H11FN2/c11-9-3-1-2-8-7(4-5-12)6-13-10(8)9/h1-3,6,13H,4-5,12H2. The van der Waals surface area contributed by atoms with Crippen molar-refractivity contribution in [3.63, 3.8) is 0 Å². The van der Waals surface area contributed by atoms with Gasteiger partial charge >= 0.3 is 0 Å². The zero-order valence-corrected chi connectivity index (χ0v) is 7.18. The molecule has 2 aromatic rings. The van der Waals surface area contributed by atoms with E-state index in [1.807, 2.05) is 12.3 Å². The molecule has 0 saturated heterocycles. The number of hydrogen-bond donors (Lipinski definition) is 2. The van der Waals surface area contributed by atoms with E-state index in [1.54, 1.807) is 6.07 Å². The SMILES string of the molecule is NCCc1c[nH]c2c(F)cccc12.